The molecule has 10 nitrogen and oxygen atoms in total. The Morgan fingerprint density at radius 3 is 2.28 bits per heavy atom. The zero-order chi connectivity index (χ0) is 28.3. The highest BCUT2D eigenvalue weighted by atomic mass is 16.7. The Balaban J connectivity index is 1.54. The summed E-state index contributed by atoms with van der Waals surface area (Å²) in [5.41, 5.74) is -1.24. The van der Waals surface area contributed by atoms with Gasteiger partial charge < -0.3 is 40.1 Å². The minimum Gasteiger partial charge on any atom is -0.506 e. The number of benzene rings is 2. The van der Waals surface area contributed by atoms with Gasteiger partial charge in [0.15, 0.2) is 5.78 Å². The van der Waals surface area contributed by atoms with Gasteiger partial charge in [-0.1, -0.05) is 18.9 Å². The number of carboxylic acid groups (broad SMARTS) is 1. The molecule has 0 radical (unpaired) electrons. The zero-order valence-corrected chi connectivity index (χ0v) is 22.1. The number of phenolic OH excluding ortho intramolecular Hbond substituents is 1. The van der Waals surface area contributed by atoms with Crippen molar-refractivity contribution in [1.82, 2.24) is 0 Å². The quantitative estimate of drug-likeness (QED) is 0.307. The molecule has 3 aliphatic rings. The molecular formula is C29H36O10. The second-order valence-corrected chi connectivity index (χ2v) is 11.7. The van der Waals surface area contributed by atoms with E-state index in [4.69, 9.17) is 9.47 Å². The summed E-state index contributed by atoms with van der Waals surface area (Å²) in [7, 11) is 0. The number of phenols is 1. The number of aliphatic hydroxyl groups is 4. The third-order valence-electron chi connectivity index (χ3n) is 8.98. The van der Waals surface area contributed by atoms with Crippen molar-refractivity contribution in [2.45, 2.75) is 102 Å². The van der Waals surface area contributed by atoms with E-state index in [9.17, 15) is 40.2 Å². The number of aryl methyl sites for hydroxylation is 1. The van der Waals surface area contributed by atoms with E-state index in [1.54, 1.807) is 13.0 Å². The van der Waals surface area contributed by atoms with Gasteiger partial charge in [-0.25, -0.2) is 4.79 Å². The minimum atomic E-state index is -1.76. The van der Waals surface area contributed by atoms with Crippen LogP contribution in [0.25, 0.3) is 10.8 Å². The molecule has 2 aliphatic carbocycles. The highest BCUT2D eigenvalue weighted by Crippen LogP contribution is 2.54. The maximum Gasteiger partial charge on any atom is 0.335 e. The number of carbonyl (C=O) groups is 2. The van der Waals surface area contributed by atoms with E-state index in [1.165, 1.54) is 13.0 Å². The number of carboxylic acids is 1. The fourth-order valence-electron chi connectivity index (χ4n) is 7.19. The van der Waals surface area contributed by atoms with Gasteiger partial charge in [0.1, 0.15) is 35.9 Å². The molecule has 2 aromatic carbocycles. The average molecular weight is 545 g/mol. The van der Waals surface area contributed by atoms with E-state index >= 15 is 0 Å². The van der Waals surface area contributed by atoms with Crippen LogP contribution in [0.4, 0.5) is 0 Å². The summed E-state index contributed by atoms with van der Waals surface area (Å²) in [6, 6.07) is 4.01. The number of hydrogen-bond acceptors (Lipinski definition) is 9. The molecule has 39 heavy (non-hydrogen) atoms. The fraction of sp³-hybridized carbons (Fsp3) is 0.586. The van der Waals surface area contributed by atoms with Crippen LogP contribution in [0.15, 0.2) is 18.2 Å². The monoisotopic (exact) mass is 544 g/mol. The van der Waals surface area contributed by atoms with E-state index in [-0.39, 0.29) is 33.1 Å². The first-order chi connectivity index (χ1) is 18.4. The lowest BCUT2D eigenvalue weighted by Crippen LogP contribution is -2.66. The highest BCUT2D eigenvalue weighted by molar-refractivity contribution is 6.08. The molecule has 0 bridgehead atoms. The molecule has 2 aromatic rings. The van der Waals surface area contributed by atoms with Gasteiger partial charge in [0.2, 0.25) is 6.29 Å². The number of rotatable bonds is 5. The molecule has 0 aromatic heterocycles. The smallest absolute Gasteiger partial charge is 0.335 e. The van der Waals surface area contributed by atoms with E-state index in [1.807, 2.05) is 0 Å². The fourth-order valence-corrected chi connectivity index (χ4v) is 7.19. The highest BCUT2D eigenvalue weighted by Gasteiger charge is 2.57. The van der Waals surface area contributed by atoms with E-state index < -0.39 is 53.8 Å². The third-order valence-corrected chi connectivity index (χ3v) is 8.98. The number of Topliss-reactive ketones (excluding diaryl/α,β-unsaturated/α-hetero) is 1. The molecule has 0 amide bonds. The number of aromatic hydroxyl groups is 1. The van der Waals surface area contributed by atoms with Crippen molar-refractivity contribution < 1.29 is 49.7 Å². The van der Waals surface area contributed by atoms with Crippen LogP contribution in [0.1, 0.15) is 84.6 Å². The molecule has 6 atom stereocenters. The standard InChI is InChI=1S/C29H36O10/c1-14-10-16-11-17(26(35)36)12-18(20(16)21(31)19(14)15(2)30)38-27-24(34)22(32)23(33)25(39-27)29(37)9-5-8-28(13-29)6-3-4-7-28/h10-12,22-25,27,31-34,37H,3-9,13H2,1-2H3,(H,35,36). The summed E-state index contributed by atoms with van der Waals surface area (Å²) in [5, 5.41) is 65.2. The van der Waals surface area contributed by atoms with Gasteiger partial charge in [0, 0.05) is 0 Å². The number of hydrogen-bond donors (Lipinski definition) is 6. The summed E-state index contributed by atoms with van der Waals surface area (Å²) in [6.45, 7) is 2.90. The molecule has 6 N–H and O–H groups in total. The number of aromatic carboxylic acids is 1. The van der Waals surface area contributed by atoms with Crippen LogP contribution in [0.2, 0.25) is 0 Å². The Hall–Kier alpha value is -2.76. The summed E-state index contributed by atoms with van der Waals surface area (Å²) >= 11 is 0. The number of ketones is 1. The van der Waals surface area contributed by atoms with Crippen molar-refractivity contribution in [3.63, 3.8) is 0 Å². The first kappa shape index (κ1) is 27.8. The van der Waals surface area contributed by atoms with E-state index in [2.05, 4.69) is 0 Å². The Morgan fingerprint density at radius 1 is 0.974 bits per heavy atom. The Bertz CT molecular complexity index is 1300. The molecule has 3 fully saturated rings. The maximum absolute atomic E-state index is 12.3. The van der Waals surface area contributed by atoms with Crippen molar-refractivity contribution in [1.29, 1.82) is 0 Å². The van der Waals surface area contributed by atoms with Gasteiger partial charge in [-0.15, -0.1) is 0 Å². The average Bonchev–Trinajstić information content (AvgIpc) is 3.30. The van der Waals surface area contributed by atoms with E-state index in [0.29, 0.717) is 18.4 Å². The molecule has 1 aliphatic heterocycles. The van der Waals surface area contributed by atoms with Crippen molar-refractivity contribution in [2.24, 2.45) is 5.41 Å². The zero-order valence-electron chi connectivity index (χ0n) is 22.1. The van der Waals surface area contributed by atoms with Crippen molar-refractivity contribution >= 4 is 22.5 Å². The Labute approximate surface area is 225 Å². The predicted molar refractivity (Wildman–Crippen MR) is 139 cm³/mol. The second kappa shape index (κ2) is 10.0. The van der Waals surface area contributed by atoms with Crippen LogP contribution in [0.3, 0.4) is 0 Å². The first-order valence-corrected chi connectivity index (χ1v) is 13.5. The van der Waals surface area contributed by atoms with Crippen LogP contribution < -0.4 is 4.74 Å². The lowest BCUT2D eigenvalue weighted by atomic mass is 9.63. The van der Waals surface area contributed by atoms with Crippen molar-refractivity contribution in [3.8, 4) is 11.5 Å². The largest absolute Gasteiger partial charge is 0.506 e. The number of aliphatic hydroxyl groups excluding tert-OH is 3. The Kier molecular flexibility index (Phi) is 7.13. The minimum absolute atomic E-state index is 0.0325. The van der Waals surface area contributed by atoms with Gasteiger partial charge in [0.25, 0.3) is 0 Å². The van der Waals surface area contributed by atoms with Crippen molar-refractivity contribution in [3.05, 3.63) is 34.9 Å². The van der Waals surface area contributed by atoms with Gasteiger partial charge in [-0.05, 0) is 80.9 Å². The maximum atomic E-state index is 12.3. The summed E-state index contributed by atoms with van der Waals surface area (Å²) in [4.78, 5) is 24.1. The number of ether oxygens (including phenoxy) is 2. The van der Waals surface area contributed by atoms with Crippen LogP contribution in [0.5, 0.6) is 11.5 Å². The summed E-state index contributed by atoms with van der Waals surface area (Å²) in [6.07, 6.45) is -1.50. The van der Waals surface area contributed by atoms with Gasteiger partial charge >= 0.3 is 5.97 Å². The number of fused-ring (bicyclic) bond motifs is 1. The summed E-state index contributed by atoms with van der Waals surface area (Å²) in [5.74, 6) is -2.29. The molecule has 1 saturated heterocycles. The van der Waals surface area contributed by atoms with Crippen LogP contribution >= 0.6 is 0 Å². The predicted octanol–water partition coefficient (Wildman–Crippen LogP) is 2.81. The first-order valence-electron chi connectivity index (χ1n) is 13.5. The SMILES string of the molecule is CC(=O)c1c(C)cc2cc(C(=O)O)cc(OC3OC(C4(O)CCCC5(CCCC5)C4)C(O)C(O)C3O)c2c1O. The third kappa shape index (κ3) is 4.78. The van der Waals surface area contributed by atoms with Gasteiger partial charge in [-0.2, -0.15) is 0 Å². The molecule has 10 heteroatoms. The molecular weight excluding hydrogens is 508 g/mol. The normalized spacial score (nSPS) is 32.4. The second-order valence-electron chi connectivity index (χ2n) is 11.7. The molecule has 2 saturated carbocycles. The van der Waals surface area contributed by atoms with Gasteiger partial charge in [0.05, 0.1) is 22.1 Å². The summed E-state index contributed by atoms with van der Waals surface area (Å²) < 4.78 is 11.9. The van der Waals surface area contributed by atoms with Crippen LogP contribution in [-0.4, -0.2) is 78.7 Å². The van der Waals surface area contributed by atoms with Gasteiger partial charge in [-0.3, -0.25) is 4.79 Å². The topological polar surface area (TPSA) is 174 Å². The lowest BCUT2D eigenvalue weighted by molar-refractivity contribution is -0.311. The molecule has 1 spiro atoms. The van der Waals surface area contributed by atoms with Crippen molar-refractivity contribution in [2.75, 3.05) is 0 Å². The number of carbonyl (C=O) groups excluding carboxylic acids is 1. The Morgan fingerprint density at radius 2 is 1.64 bits per heavy atom. The molecule has 1 heterocycles. The van der Waals surface area contributed by atoms with E-state index in [0.717, 1.165) is 44.6 Å². The molecule has 212 valence electrons. The van der Waals surface area contributed by atoms with Crippen LogP contribution in [-0.2, 0) is 4.74 Å². The lowest BCUT2D eigenvalue weighted by Gasteiger charge is -2.51. The molecule has 6 unspecified atom stereocenters. The molecule has 5 rings (SSSR count). The van der Waals surface area contributed by atoms with Crippen LogP contribution in [0, 0.1) is 12.3 Å².